The predicted octanol–water partition coefficient (Wildman–Crippen LogP) is 2.00. The maximum Gasteiger partial charge on any atom is 0.326 e. The molecule has 0 saturated carbocycles. The number of carboxylic acids is 1. The summed E-state index contributed by atoms with van der Waals surface area (Å²) in [5, 5.41) is 12.0. The van der Waals surface area contributed by atoms with Gasteiger partial charge in [0.1, 0.15) is 11.9 Å². The average molecular weight is 237 g/mol. The first-order chi connectivity index (χ1) is 7.90. The van der Waals surface area contributed by atoms with E-state index in [4.69, 9.17) is 5.11 Å². The van der Waals surface area contributed by atoms with E-state index in [0.717, 1.165) is 11.4 Å². The molecule has 0 aliphatic heterocycles. The molecule has 5 nitrogen and oxygen atoms in total. The van der Waals surface area contributed by atoms with Gasteiger partial charge in [-0.1, -0.05) is 13.8 Å². The van der Waals surface area contributed by atoms with Crippen molar-refractivity contribution in [1.82, 2.24) is 9.97 Å². The molecule has 0 aromatic carbocycles. The number of hydrogen-bond acceptors (Lipinski definition) is 4. The second-order valence-electron chi connectivity index (χ2n) is 4.59. The van der Waals surface area contributed by atoms with Gasteiger partial charge < -0.3 is 10.4 Å². The monoisotopic (exact) mass is 237 g/mol. The molecule has 0 aliphatic carbocycles. The van der Waals surface area contributed by atoms with Crippen LogP contribution in [-0.4, -0.2) is 27.1 Å². The molecule has 2 N–H and O–H groups in total. The van der Waals surface area contributed by atoms with Gasteiger partial charge in [-0.3, -0.25) is 4.98 Å². The van der Waals surface area contributed by atoms with E-state index in [9.17, 15) is 4.79 Å². The standard InChI is InChI=1S/C12H19N3O2/c1-7(2)5-10(12(16)17)15-11-6-13-8(3)9(4)14-11/h6-7,10H,5H2,1-4H3,(H,14,15)(H,16,17). The number of carbonyl (C=O) groups is 1. The van der Waals surface area contributed by atoms with Crippen LogP contribution in [-0.2, 0) is 4.79 Å². The molecule has 17 heavy (non-hydrogen) atoms. The summed E-state index contributed by atoms with van der Waals surface area (Å²) >= 11 is 0. The second kappa shape index (κ2) is 5.61. The van der Waals surface area contributed by atoms with Crippen LogP contribution in [0.1, 0.15) is 31.7 Å². The molecular weight excluding hydrogens is 218 g/mol. The molecule has 0 radical (unpaired) electrons. The molecule has 0 bridgehead atoms. The van der Waals surface area contributed by atoms with Crippen LogP contribution in [0.2, 0.25) is 0 Å². The molecule has 5 heteroatoms. The summed E-state index contributed by atoms with van der Waals surface area (Å²) in [6.07, 6.45) is 2.13. The molecule has 0 saturated heterocycles. The lowest BCUT2D eigenvalue weighted by Crippen LogP contribution is -2.31. The van der Waals surface area contributed by atoms with Crippen molar-refractivity contribution in [2.45, 2.75) is 40.2 Å². The Hall–Kier alpha value is -1.65. The van der Waals surface area contributed by atoms with Crippen LogP contribution >= 0.6 is 0 Å². The zero-order valence-corrected chi connectivity index (χ0v) is 10.7. The number of hydrogen-bond donors (Lipinski definition) is 2. The van der Waals surface area contributed by atoms with Gasteiger partial charge >= 0.3 is 5.97 Å². The molecule has 1 rings (SSSR count). The van der Waals surface area contributed by atoms with Crippen molar-refractivity contribution in [3.63, 3.8) is 0 Å². The van der Waals surface area contributed by atoms with Crippen LogP contribution in [0.25, 0.3) is 0 Å². The van der Waals surface area contributed by atoms with E-state index in [-0.39, 0.29) is 0 Å². The van der Waals surface area contributed by atoms with E-state index >= 15 is 0 Å². The number of aryl methyl sites for hydroxylation is 2. The zero-order valence-electron chi connectivity index (χ0n) is 10.7. The number of rotatable bonds is 5. The summed E-state index contributed by atoms with van der Waals surface area (Å²) in [5.41, 5.74) is 1.66. The Labute approximate surface area is 101 Å². The summed E-state index contributed by atoms with van der Waals surface area (Å²) in [7, 11) is 0. The third-order valence-electron chi connectivity index (χ3n) is 2.52. The van der Waals surface area contributed by atoms with Gasteiger partial charge in [0.05, 0.1) is 17.6 Å². The van der Waals surface area contributed by atoms with E-state index in [2.05, 4.69) is 15.3 Å². The summed E-state index contributed by atoms with van der Waals surface area (Å²) in [6, 6.07) is -0.619. The predicted molar refractivity (Wildman–Crippen MR) is 66.0 cm³/mol. The Morgan fingerprint density at radius 2 is 2.06 bits per heavy atom. The highest BCUT2D eigenvalue weighted by atomic mass is 16.4. The Bertz CT molecular complexity index is 405. The van der Waals surface area contributed by atoms with Crippen molar-refractivity contribution in [1.29, 1.82) is 0 Å². The fourth-order valence-electron chi connectivity index (χ4n) is 1.48. The number of anilines is 1. The largest absolute Gasteiger partial charge is 0.480 e. The van der Waals surface area contributed by atoms with Crippen molar-refractivity contribution >= 4 is 11.8 Å². The highest BCUT2D eigenvalue weighted by molar-refractivity contribution is 5.76. The SMILES string of the molecule is Cc1ncc(NC(CC(C)C)C(=O)O)nc1C. The van der Waals surface area contributed by atoms with E-state index < -0.39 is 12.0 Å². The van der Waals surface area contributed by atoms with Crippen molar-refractivity contribution < 1.29 is 9.90 Å². The lowest BCUT2D eigenvalue weighted by molar-refractivity contribution is -0.138. The van der Waals surface area contributed by atoms with Crippen molar-refractivity contribution in [3.8, 4) is 0 Å². The first-order valence-electron chi connectivity index (χ1n) is 5.69. The smallest absolute Gasteiger partial charge is 0.326 e. The quantitative estimate of drug-likeness (QED) is 0.819. The maximum absolute atomic E-state index is 11.1. The van der Waals surface area contributed by atoms with Crippen LogP contribution in [0.15, 0.2) is 6.20 Å². The Kier molecular flexibility index (Phi) is 4.43. The topological polar surface area (TPSA) is 75.1 Å². The third kappa shape index (κ3) is 4.01. The molecule has 1 aromatic rings. The Balaban J connectivity index is 2.78. The Morgan fingerprint density at radius 3 is 2.53 bits per heavy atom. The molecular formula is C12H19N3O2. The van der Waals surface area contributed by atoms with Gasteiger partial charge in [0.15, 0.2) is 0 Å². The van der Waals surface area contributed by atoms with Crippen LogP contribution in [0.3, 0.4) is 0 Å². The molecule has 94 valence electrons. The van der Waals surface area contributed by atoms with E-state index in [1.807, 2.05) is 27.7 Å². The fourth-order valence-corrected chi connectivity index (χ4v) is 1.48. The third-order valence-corrected chi connectivity index (χ3v) is 2.52. The molecule has 1 atom stereocenters. The minimum atomic E-state index is -0.862. The molecule has 0 amide bonds. The van der Waals surface area contributed by atoms with Crippen LogP contribution < -0.4 is 5.32 Å². The molecule has 1 unspecified atom stereocenters. The van der Waals surface area contributed by atoms with Crippen molar-refractivity contribution in [2.75, 3.05) is 5.32 Å². The van der Waals surface area contributed by atoms with Gasteiger partial charge in [-0.05, 0) is 26.2 Å². The number of aromatic nitrogens is 2. The number of nitrogens with one attached hydrogen (secondary N) is 1. The number of nitrogens with zero attached hydrogens (tertiary/aromatic N) is 2. The number of aliphatic carboxylic acids is 1. The maximum atomic E-state index is 11.1. The summed E-state index contributed by atoms with van der Waals surface area (Å²) in [6.45, 7) is 7.70. The fraction of sp³-hybridized carbons (Fsp3) is 0.583. The van der Waals surface area contributed by atoms with Crippen LogP contribution in [0, 0.1) is 19.8 Å². The van der Waals surface area contributed by atoms with Crippen molar-refractivity contribution in [3.05, 3.63) is 17.6 Å². The summed E-state index contributed by atoms with van der Waals surface area (Å²) < 4.78 is 0. The highest BCUT2D eigenvalue weighted by Crippen LogP contribution is 2.12. The van der Waals surface area contributed by atoms with Gasteiger partial charge in [0.25, 0.3) is 0 Å². The van der Waals surface area contributed by atoms with E-state index in [1.54, 1.807) is 6.20 Å². The van der Waals surface area contributed by atoms with E-state index in [1.165, 1.54) is 0 Å². The lowest BCUT2D eigenvalue weighted by atomic mass is 10.0. The van der Waals surface area contributed by atoms with Gasteiger partial charge in [-0.25, -0.2) is 9.78 Å². The van der Waals surface area contributed by atoms with E-state index in [0.29, 0.717) is 18.2 Å². The minimum Gasteiger partial charge on any atom is -0.480 e. The lowest BCUT2D eigenvalue weighted by Gasteiger charge is -2.17. The van der Waals surface area contributed by atoms with Crippen molar-refractivity contribution in [2.24, 2.45) is 5.92 Å². The zero-order chi connectivity index (χ0) is 13.0. The highest BCUT2D eigenvalue weighted by Gasteiger charge is 2.19. The second-order valence-corrected chi connectivity index (χ2v) is 4.59. The summed E-state index contributed by atoms with van der Waals surface area (Å²) in [4.78, 5) is 19.5. The normalized spacial score (nSPS) is 12.5. The molecule has 1 heterocycles. The van der Waals surface area contributed by atoms with Crippen LogP contribution in [0.5, 0.6) is 0 Å². The van der Waals surface area contributed by atoms with Gasteiger partial charge in [-0.2, -0.15) is 0 Å². The molecule has 0 aliphatic rings. The molecule has 1 aromatic heterocycles. The molecule has 0 spiro atoms. The van der Waals surface area contributed by atoms with Gasteiger partial charge in [0.2, 0.25) is 0 Å². The average Bonchev–Trinajstić information content (AvgIpc) is 2.21. The number of carboxylic acid groups (broad SMARTS) is 1. The minimum absolute atomic E-state index is 0.308. The summed E-state index contributed by atoms with van der Waals surface area (Å²) in [5.74, 6) is -0.0389. The van der Waals surface area contributed by atoms with Gasteiger partial charge in [-0.15, -0.1) is 0 Å². The first kappa shape index (κ1) is 13.4. The van der Waals surface area contributed by atoms with Gasteiger partial charge in [0, 0.05) is 0 Å². The Morgan fingerprint density at radius 1 is 1.41 bits per heavy atom. The molecule has 0 fully saturated rings. The van der Waals surface area contributed by atoms with Crippen LogP contribution in [0.4, 0.5) is 5.82 Å². The first-order valence-corrected chi connectivity index (χ1v) is 5.69.